The molecule has 0 bridgehead atoms. The van der Waals surface area contributed by atoms with Gasteiger partial charge in [-0.1, -0.05) is 17.7 Å². The van der Waals surface area contributed by atoms with Crippen LogP contribution in [0.25, 0.3) is 5.69 Å². The molecule has 0 radical (unpaired) electrons. The molecule has 9 heteroatoms. The Kier molecular flexibility index (Phi) is 5.86. The van der Waals surface area contributed by atoms with E-state index in [1.54, 1.807) is 20.9 Å². The molecular weight excluding hydrogens is 442 g/mol. The quantitative estimate of drug-likeness (QED) is 0.647. The van der Waals surface area contributed by atoms with Gasteiger partial charge in [-0.3, -0.25) is 14.4 Å². The van der Waals surface area contributed by atoms with Crippen LogP contribution < -0.4 is 0 Å². The first-order valence-corrected chi connectivity index (χ1v) is 12.0. The van der Waals surface area contributed by atoms with Crippen LogP contribution in [-0.2, 0) is 9.59 Å². The van der Waals surface area contributed by atoms with Gasteiger partial charge in [0.2, 0.25) is 0 Å². The van der Waals surface area contributed by atoms with Crippen molar-refractivity contribution in [3.05, 3.63) is 46.2 Å². The number of carbonyl (C=O) groups excluding carboxylic acids is 3. The fraction of sp³-hybridized carbons (Fsp3) is 0.500. The Morgan fingerprint density at radius 2 is 1.52 bits per heavy atom. The first-order chi connectivity index (χ1) is 15.9. The van der Waals surface area contributed by atoms with Crippen molar-refractivity contribution in [2.75, 3.05) is 39.3 Å². The maximum absolute atomic E-state index is 13.4. The van der Waals surface area contributed by atoms with Crippen LogP contribution in [0.15, 0.2) is 24.4 Å². The summed E-state index contributed by atoms with van der Waals surface area (Å²) in [5.41, 5.74) is 3.39. The third-order valence-corrected chi connectivity index (χ3v) is 7.24. The lowest BCUT2D eigenvalue weighted by Crippen LogP contribution is -2.54. The number of amides is 3. The fourth-order valence-corrected chi connectivity index (χ4v) is 4.84. The Balaban J connectivity index is 1.29. The van der Waals surface area contributed by atoms with Crippen LogP contribution in [0.2, 0.25) is 5.02 Å². The van der Waals surface area contributed by atoms with Crippen LogP contribution in [0.3, 0.4) is 0 Å². The minimum Gasteiger partial charge on any atom is -0.335 e. The Labute approximate surface area is 198 Å². The molecule has 174 valence electrons. The molecule has 0 spiro atoms. The SMILES string of the molecule is Cc1ccc(-n2ncc(C(=O)N3CCN(C(=O)C(=O)N4CCCC4)CC3)c2C2CC2)cc1Cl. The second-order valence-corrected chi connectivity index (χ2v) is 9.55. The third kappa shape index (κ3) is 4.24. The zero-order valence-electron chi connectivity index (χ0n) is 18.8. The number of piperazine rings is 1. The first kappa shape index (κ1) is 21.9. The molecule has 2 saturated heterocycles. The fourth-order valence-electron chi connectivity index (χ4n) is 4.67. The average molecular weight is 470 g/mol. The molecule has 2 aromatic rings. The van der Waals surface area contributed by atoms with Gasteiger partial charge in [-0.05, 0) is 50.3 Å². The summed E-state index contributed by atoms with van der Waals surface area (Å²) in [4.78, 5) is 43.4. The zero-order valence-corrected chi connectivity index (χ0v) is 19.6. The van der Waals surface area contributed by atoms with Gasteiger partial charge in [-0.2, -0.15) is 5.10 Å². The van der Waals surface area contributed by atoms with Crippen LogP contribution >= 0.6 is 11.6 Å². The molecule has 0 unspecified atom stereocenters. The predicted molar refractivity (Wildman–Crippen MR) is 124 cm³/mol. The molecule has 0 atom stereocenters. The lowest BCUT2D eigenvalue weighted by Gasteiger charge is -2.35. The van der Waals surface area contributed by atoms with Gasteiger partial charge in [0.25, 0.3) is 5.91 Å². The molecule has 0 N–H and O–H groups in total. The van der Waals surface area contributed by atoms with Gasteiger partial charge in [0, 0.05) is 50.2 Å². The van der Waals surface area contributed by atoms with Crippen molar-refractivity contribution in [3.8, 4) is 5.69 Å². The number of benzene rings is 1. The number of rotatable bonds is 3. The molecular formula is C24H28ClN5O3. The van der Waals surface area contributed by atoms with Gasteiger partial charge in [0.05, 0.1) is 23.1 Å². The van der Waals surface area contributed by atoms with Crippen LogP contribution in [0.5, 0.6) is 0 Å². The van der Waals surface area contributed by atoms with Gasteiger partial charge < -0.3 is 14.7 Å². The van der Waals surface area contributed by atoms with Gasteiger partial charge in [-0.15, -0.1) is 0 Å². The third-order valence-electron chi connectivity index (χ3n) is 6.83. The summed E-state index contributed by atoms with van der Waals surface area (Å²) in [6, 6.07) is 5.80. The normalized spacial score (nSPS) is 18.7. The van der Waals surface area contributed by atoms with Gasteiger partial charge in [0.1, 0.15) is 0 Å². The summed E-state index contributed by atoms with van der Waals surface area (Å²) in [7, 11) is 0. The van der Waals surface area contributed by atoms with Crippen molar-refractivity contribution < 1.29 is 14.4 Å². The number of hydrogen-bond acceptors (Lipinski definition) is 4. The summed E-state index contributed by atoms with van der Waals surface area (Å²) in [5.74, 6) is -0.625. The summed E-state index contributed by atoms with van der Waals surface area (Å²) in [6.07, 6.45) is 5.62. The number of nitrogens with zero attached hydrogens (tertiary/aromatic N) is 5. The lowest BCUT2D eigenvalue weighted by molar-refractivity contribution is -0.152. The maximum Gasteiger partial charge on any atom is 0.312 e. The van der Waals surface area contributed by atoms with Crippen LogP contribution in [0.1, 0.15) is 53.2 Å². The van der Waals surface area contributed by atoms with E-state index in [2.05, 4.69) is 5.10 Å². The largest absolute Gasteiger partial charge is 0.335 e. The Bertz CT molecular complexity index is 1100. The molecule has 3 amide bonds. The molecule has 33 heavy (non-hydrogen) atoms. The standard InChI is InChI=1S/C24H28ClN5O3/c1-16-4-7-18(14-20(16)25)30-21(17-5-6-17)19(15-26-30)22(31)28-10-12-29(13-11-28)24(33)23(32)27-8-2-3-9-27/h4,7,14-15,17H,2-3,5-6,8-13H2,1H3. The first-order valence-electron chi connectivity index (χ1n) is 11.7. The van der Waals surface area contributed by atoms with E-state index in [-0.39, 0.29) is 5.91 Å². The predicted octanol–water partition coefficient (Wildman–Crippen LogP) is 2.62. The zero-order chi connectivity index (χ0) is 23.1. The maximum atomic E-state index is 13.4. The van der Waals surface area contributed by atoms with E-state index >= 15 is 0 Å². The molecule has 3 fully saturated rings. The summed E-state index contributed by atoms with van der Waals surface area (Å²) >= 11 is 6.33. The van der Waals surface area contributed by atoms with E-state index in [0.29, 0.717) is 55.8 Å². The van der Waals surface area contributed by atoms with E-state index in [1.807, 2.05) is 29.8 Å². The van der Waals surface area contributed by atoms with Crippen LogP contribution in [0, 0.1) is 6.92 Å². The summed E-state index contributed by atoms with van der Waals surface area (Å²) in [5, 5.41) is 5.21. The molecule has 1 saturated carbocycles. The highest BCUT2D eigenvalue weighted by Crippen LogP contribution is 2.43. The smallest absolute Gasteiger partial charge is 0.312 e. The minimum absolute atomic E-state index is 0.0701. The van der Waals surface area contributed by atoms with Gasteiger partial charge >= 0.3 is 11.8 Å². The number of aryl methyl sites for hydroxylation is 1. The van der Waals surface area contributed by atoms with Crippen molar-refractivity contribution in [3.63, 3.8) is 0 Å². The molecule has 3 heterocycles. The van der Waals surface area contributed by atoms with Crippen LogP contribution in [-0.4, -0.2) is 81.5 Å². The van der Waals surface area contributed by atoms with Crippen molar-refractivity contribution >= 4 is 29.3 Å². The summed E-state index contributed by atoms with van der Waals surface area (Å²) < 4.78 is 1.84. The topological polar surface area (TPSA) is 78.8 Å². The number of hydrogen-bond donors (Lipinski definition) is 0. The van der Waals surface area contributed by atoms with E-state index in [1.165, 1.54) is 0 Å². The monoisotopic (exact) mass is 469 g/mol. The Morgan fingerprint density at radius 1 is 0.909 bits per heavy atom. The molecule has 1 aromatic carbocycles. The molecule has 3 aliphatic rings. The molecule has 8 nitrogen and oxygen atoms in total. The number of aromatic nitrogens is 2. The van der Waals surface area contributed by atoms with Crippen molar-refractivity contribution in [2.24, 2.45) is 0 Å². The molecule has 1 aliphatic carbocycles. The highest BCUT2D eigenvalue weighted by molar-refractivity contribution is 6.35. The average Bonchev–Trinajstić information content (AvgIpc) is 3.33. The second kappa shape index (κ2) is 8.82. The van der Waals surface area contributed by atoms with E-state index in [4.69, 9.17) is 11.6 Å². The van der Waals surface area contributed by atoms with E-state index in [9.17, 15) is 14.4 Å². The second-order valence-electron chi connectivity index (χ2n) is 9.15. The van der Waals surface area contributed by atoms with Crippen molar-refractivity contribution in [1.29, 1.82) is 0 Å². The Hall–Kier alpha value is -2.87. The minimum atomic E-state index is -0.452. The highest BCUT2D eigenvalue weighted by atomic mass is 35.5. The number of carbonyl (C=O) groups is 3. The lowest BCUT2D eigenvalue weighted by atomic mass is 10.1. The highest BCUT2D eigenvalue weighted by Gasteiger charge is 2.36. The summed E-state index contributed by atoms with van der Waals surface area (Å²) in [6.45, 7) is 4.81. The number of halogens is 1. The van der Waals surface area contributed by atoms with Crippen LogP contribution in [0.4, 0.5) is 0 Å². The van der Waals surface area contributed by atoms with Crippen molar-refractivity contribution in [1.82, 2.24) is 24.5 Å². The Morgan fingerprint density at radius 3 is 2.12 bits per heavy atom. The van der Waals surface area contributed by atoms with Crippen molar-refractivity contribution in [2.45, 2.75) is 38.5 Å². The van der Waals surface area contributed by atoms with E-state index in [0.717, 1.165) is 42.6 Å². The van der Waals surface area contributed by atoms with E-state index < -0.39 is 11.8 Å². The molecule has 1 aromatic heterocycles. The molecule has 5 rings (SSSR count). The molecule has 2 aliphatic heterocycles. The van der Waals surface area contributed by atoms with Gasteiger partial charge in [0.15, 0.2) is 0 Å². The van der Waals surface area contributed by atoms with Gasteiger partial charge in [-0.25, -0.2) is 4.68 Å². The number of likely N-dealkylation sites (tertiary alicyclic amines) is 1.